The van der Waals surface area contributed by atoms with Gasteiger partial charge in [0.1, 0.15) is 5.60 Å². The summed E-state index contributed by atoms with van der Waals surface area (Å²) in [5, 5.41) is 5.58. The SMILES string of the molecule is CN(CC(=O)NCCCCNC(=O)OC(C)(C)C)c1ccccc1. The summed E-state index contributed by atoms with van der Waals surface area (Å²) in [6, 6.07) is 9.77. The number of hydrogen-bond donors (Lipinski definition) is 2. The maximum absolute atomic E-state index is 11.9. The number of rotatable bonds is 8. The van der Waals surface area contributed by atoms with Gasteiger partial charge in [0.15, 0.2) is 0 Å². The Kier molecular flexibility index (Phi) is 8.09. The number of ether oxygens (including phenoxy) is 1. The van der Waals surface area contributed by atoms with Crippen LogP contribution >= 0.6 is 0 Å². The monoisotopic (exact) mass is 335 g/mol. The lowest BCUT2D eigenvalue weighted by Crippen LogP contribution is -2.36. The number of likely N-dealkylation sites (N-methyl/N-ethyl adjacent to an activating group) is 1. The van der Waals surface area contributed by atoms with Crippen LogP contribution in [-0.2, 0) is 9.53 Å². The van der Waals surface area contributed by atoms with Gasteiger partial charge in [-0.1, -0.05) is 18.2 Å². The quantitative estimate of drug-likeness (QED) is 0.716. The van der Waals surface area contributed by atoms with Crippen molar-refractivity contribution in [3.05, 3.63) is 30.3 Å². The van der Waals surface area contributed by atoms with Crippen molar-refractivity contribution in [3.63, 3.8) is 0 Å². The molecule has 134 valence electrons. The molecule has 6 heteroatoms. The number of anilines is 1. The van der Waals surface area contributed by atoms with E-state index in [1.807, 2.05) is 63.1 Å². The highest BCUT2D eigenvalue weighted by Crippen LogP contribution is 2.10. The molecule has 0 saturated carbocycles. The van der Waals surface area contributed by atoms with Crippen LogP contribution in [0.2, 0.25) is 0 Å². The molecule has 2 N–H and O–H groups in total. The molecule has 0 unspecified atom stereocenters. The van der Waals surface area contributed by atoms with E-state index in [4.69, 9.17) is 4.74 Å². The van der Waals surface area contributed by atoms with Gasteiger partial charge in [0.25, 0.3) is 0 Å². The predicted molar refractivity (Wildman–Crippen MR) is 96.2 cm³/mol. The zero-order valence-corrected chi connectivity index (χ0v) is 15.1. The van der Waals surface area contributed by atoms with Crippen LogP contribution in [0.5, 0.6) is 0 Å². The average molecular weight is 335 g/mol. The Morgan fingerprint density at radius 3 is 2.21 bits per heavy atom. The number of para-hydroxylation sites is 1. The maximum atomic E-state index is 11.9. The highest BCUT2D eigenvalue weighted by atomic mass is 16.6. The van der Waals surface area contributed by atoms with E-state index in [9.17, 15) is 9.59 Å². The molecule has 2 amide bonds. The zero-order valence-electron chi connectivity index (χ0n) is 15.1. The van der Waals surface area contributed by atoms with Crippen LogP contribution in [-0.4, -0.2) is 44.3 Å². The van der Waals surface area contributed by atoms with Crippen molar-refractivity contribution in [2.45, 2.75) is 39.2 Å². The smallest absolute Gasteiger partial charge is 0.407 e. The van der Waals surface area contributed by atoms with Gasteiger partial charge in [0.2, 0.25) is 5.91 Å². The van der Waals surface area contributed by atoms with Gasteiger partial charge in [-0.05, 0) is 45.7 Å². The van der Waals surface area contributed by atoms with E-state index < -0.39 is 11.7 Å². The normalized spacial score (nSPS) is 10.8. The minimum atomic E-state index is -0.483. The van der Waals surface area contributed by atoms with Crippen molar-refractivity contribution < 1.29 is 14.3 Å². The molecule has 0 saturated heterocycles. The predicted octanol–water partition coefficient (Wildman–Crippen LogP) is 2.54. The first-order valence-electron chi connectivity index (χ1n) is 8.27. The minimum absolute atomic E-state index is 0.0125. The van der Waals surface area contributed by atoms with Gasteiger partial charge < -0.3 is 20.3 Å². The molecule has 1 rings (SSSR count). The van der Waals surface area contributed by atoms with Crippen LogP contribution < -0.4 is 15.5 Å². The van der Waals surface area contributed by atoms with Crippen LogP contribution in [0.1, 0.15) is 33.6 Å². The topological polar surface area (TPSA) is 70.7 Å². The van der Waals surface area contributed by atoms with Crippen molar-refractivity contribution >= 4 is 17.7 Å². The minimum Gasteiger partial charge on any atom is -0.444 e. The highest BCUT2D eigenvalue weighted by molar-refractivity contribution is 5.81. The van der Waals surface area contributed by atoms with Gasteiger partial charge in [-0.2, -0.15) is 0 Å². The Bertz CT molecular complexity index is 512. The summed E-state index contributed by atoms with van der Waals surface area (Å²) in [6.45, 7) is 6.93. The summed E-state index contributed by atoms with van der Waals surface area (Å²) >= 11 is 0. The first-order chi connectivity index (χ1) is 11.3. The third kappa shape index (κ3) is 9.02. The van der Waals surface area contributed by atoms with Crippen LogP contribution in [0.3, 0.4) is 0 Å². The molecule has 0 aliphatic heterocycles. The van der Waals surface area contributed by atoms with Crippen molar-refractivity contribution in [2.75, 3.05) is 31.6 Å². The first kappa shape index (κ1) is 19.8. The van der Waals surface area contributed by atoms with Crippen molar-refractivity contribution in [3.8, 4) is 0 Å². The van der Waals surface area contributed by atoms with Gasteiger partial charge in [-0.15, -0.1) is 0 Å². The van der Waals surface area contributed by atoms with Crippen molar-refractivity contribution in [1.29, 1.82) is 0 Å². The molecular formula is C18H29N3O3. The van der Waals surface area contributed by atoms with E-state index in [0.29, 0.717) is 19.6 Å². The summed E-state index contributed by atoms with van der Waals surface area (Å²) in [5.41, 5.74) is 0.525. The van der Waals surface area contributed by atoms with E-state index in [-0.39, 0.29) is 5.91 Å². The van der Waals surface area contributed by atoms with E-state index in [1.54, 1.807) is 0 Å². The first-order valence-corrected chi connectivity index (χ1v) is 8.27. The lowest BCUT2D eigenvalue weighted by molar-refractivity contribution is -0.119. The summed E-state index contributed by atoms with van der Waals surface area (Å²) < 4.78 is 5.14. The summed E-state index contributed by atoms with van der Waals surface area (Å²) in [6.07, 6.45) is 1.18. The number of nitrogens with one attached hydrogen (secondary N) is 2. The molecule has 0 bridgehead atoms. The van der Waals surface area contributed by atoms with E-state index in [2.05, 4.69) is 10.6 Å². The molecule has 0 aliphatic rings. The third-order valence-electron chi connectivity index (χ3n) is 3.17. The Hall–Kier alpha value is -2.24. The van der Waals surface area contributed by atoms with Gasteiger partial charge in [0.05, 0.1) is 6.54 Å². The highest BCUT2D eigenvalue weighted by Gasteiger charge is 2.15. The number of carbonyl (C=O) groups excluding carboxylic acids is 2. The molecule has 0 radical (unpaired) electrons. The molecule has 0 spiro atoms. The van der Waals surface area contributed by atoms with Gasteiger partial charge in [-0.25, -0.2) is 4.79 Å². The van der Waals surface area contributed by atoms with Gasteiger partial charge >= 0.3 is 6.09 Å². The average Bonchev–Trinajstić information content (AvgIpc) is 2.49. The fourth-order valence-electron chi connectivity index (χ4n) is 2.03. The maximum Gasteiger partial charge on any atom is 0.407 e. The lowest BCUT2D eigenvalue weighted by Gasteiger charge is -2.19. The summed E-state index contributed by atoms with van der Waals surface area (Å²) in [4.78, 5) is 25.2. The number of alkyl carbamates (subject to hydrolysis) is 1. The van der Waals surface area contributed by atoms with E-state index in [1.165, 1.54) is 0 Å². The third-order valence-corrected chi connectivity index (χ3v) is 3.17. The Labute approximate surface area is 144 Å². The van der Waals surface area contributed by atoms with Gasteiger partial charge in [-0.3, -0.25) is 4.79 Å². The summed E-state index contributed by atoms with van der Waals surface area (Å²) in [7, 11) is 1.89. The number of amides is 2. The number of carbonyl (C=O) groups is 2. The van der Waals surface area contributed by atoms with E-state index >= 15 is 0 Å². The van der Waals surface area contributed by atoms with Crippen LogP contribution in [0.15, 0.2) is 30.3 Å². The molecule has 0 atom stereocenters. The molecule has 1 aromatic carbocycles. The molecule has 24 heavy (non-hydrogen) atoms. The number of benzene rings is 1. The second-order valence-corrected chi connectivity index (χ2v) is 6.68. The fourth-order valence-corrected chi connectivity index (χ4v) is 2.03. The molecule has 0 fully saturated rings. The molecular weight excluding hydrogens is 306 g/mol. The molecule has 0 aliphatic carbocycles. The second-order valence-electron chi connectivity index (χ2n) is 6.68. The van der Waals surface area contributed by atoms with Crippen molar-refractivity contribution in [1.82, 2.24) is 10.6 Å². The fraction of sp³-hybridized carbons (Fsp3) is 0.556. The molecule has 6 nitrogen and oxygen atoms in total. The standard InChI is InChI=1S/C18H29N3O3/c1-18(2,3)24-17(23)20-13-9-8-12-19-16(22)14-21(4)15-10-6-5-7-11-15/h5-7,10-11H,8-9,12-14H2,1-4H3,(H,19,22)(H,20,23). The summed E-state index contributed by atoms with van der Waals surface area (Å²) in [5.74, 6) is -0.0125. The Morgan fingerprint density at radius 2 is 1.62 bits per heavy atom. The van der Waals surface area contributed by atoms with Gasteiger partial charge in [0, 0.05) is 25.8 Å². The Morgan fingerprint density at radius 1 is 1.04 bits per heavy atom. The van der Waals surface area contributed by atoms with Crippen LogP contribution in [0.25, 0.3) is 0 Å². The molecule has 1 aromatic rings. The number of nitrogens with zero attached hydrogens (tertiary/aromatic N) is 1. The number of unbranched alkanes of at least 4 members (excludes halogenated alkanes) is 1. The lowest BCUT2D eigenvalue weighted by atomic mass is 10.2. The Balaban J connectivity index is 2.09. The zero-order chi connectivity index (χ0) is 18.0. The second kappa shape index (κ2) is 9.80. The largest absolute Gasteiger partial charge is 0.444 e. The number of hydrogen-bond acceptors (Lipinski definition) is 4. The van der Waals surface area contributed by atoms with Crippen LogP contribution in [0, 0.1) is 0 Å². The van der Waals surface area contributed by atoms with E-state index in [0.717, 1.165) is 18.5 Å². The van der Waals surface area contributed by atoms with Crippen molar-refractivity contribution in [2.24, 2.45) is 0 Å². The van der Waals surface area contributed by atoms with Crippen LogP contribution in [0.4, 0.5) is 10.5 Å². The molecule has 0 aromatic heterocycles. The molecule has 0 heterocycles.